The molecule has 0 fully saturated rings. The zero-order valence-electron chi connectivity index (χ0n) is 9.72. The smallest absolute Gasteiger partial charge is 0.203 e. The SMILES string of the molecule is Oc1c(F)c(F)cc(-c2nc3c(F)cccc3[nH]2)c1F. The minimum atomic E-state index is -1.69. The second-order valence-electron chi connectivity index (χ2n) is 4.10. The Kier molecular flexibility index (Phi) is 2.63. The van der Waals surface area contributed by atoms with Crippen molar-refractivity contribution in [3.8, 4) is 17.1 Å². The molecule has 0 amide bonds. The van der Waals surface area contributed by atoms with Crippen LogP contribution in [0.15, 0.2) is 24.3 Å². The number of para-hydroxylation sites is 1. The fourth-order valence-corrected chi connectivity index (χ4v) is 1.89. The highest BCUT2D eigenvalue weighted by atomic mass is 19.2. The summed E-state index contributed by atoms with van der Waals surface area (Å²) in [5.74, 6) is -6.79. The molecule has 0 atom stereocenters. The fraction of sp³-hybridized carbons (Fsp3) is 0. The van der Waals surface area contributed by atoms with Crippen molar-refractivity contribution in [3.63, 3.8) is 0 Å². The van der Waals surface area contributed by atoms with Gasteiger partial charge in [0.05, 0.1) is 11.1 Å². The van der Waals surface area contributed by atoms with Crippen LogP contribution in [-0.4, -0.2) is 15.1 Å². The number of hydrogen-bond donors (Lipinski definition) is 2. The number of rotatable bonds is 1. The van der Waals surface area contributed by atoms with Crippen LogP contribution in [0, 0.1) is 23.3 Å². The van der Waals surface area contributed by atoms with E-state index in [4.69, 9.17) is 5.11 Å². The average molecular weight is 282 g/mol. The predicted molar refractivity (Wildman–Crippen MR) is 63.0 cm³/mol. The summed E-state index contributed by atoms with van der Waals surface area (Å²) in [6.45, 7) is 0. The molecule has 102 valence electrons. The molecule has 0 aliphatic carbocycles. The summed E-state index contributed by atoms with van der Waals surface area (Å²) < 4.78 is 53.4. The van der Waals surface area contributed by atoms with E-state index >= 15 is 0 Å². The van der Waals surface area contributed by atoms with E-state index in [0.29, 0.717) is 6.07 Å². The summed E-state index contributed by atoms with van der Waals surface area (Å²) >= 11 is 0. The van der Waals surface area contributed by atoms with E-state index in [1.165, 1.54) is 12.1 Å². The molecule has 3 aromatic rings. The quantitative estimate of drug-likeness (QED) is 0.530. The number of H-pyrrole nitrogens is 1. The van der Waals surface area contributed by atoms with Gasteiger partial charge in [-0.1, -0.05) is 6.07 Å². The van der Waals surface area contributed by atoms with E-state index in [1.54, 1.807) is 0 Å². The largest absolute Gasteiger partial charge is 0.503 e. The molecule has 3 rings (SSSR count). The third kappa shape index (κ3) is 1.70. The van der Waals surface area contributed by atoms with Crippen molar-refractivity contribution >= 4 is 11.0 Å². The van der Waals surface area contributed by atoms with Crippen molar-refractivity contribution in [2.45, 2.75) is 0 Å². The maximum atomic E-state index is 13.7. The lowest BCUT2D eigenvalue weighted by Crippen LogP contribution is -1.94. The van der Waals surface area contributed by atoms with Crippen LogP contribution >= 0.6 is 0 Å². The first-order valence-corrected chi connectivity index (χ1v) is 5.50. The molecular formula is C13H6F4N2O. The Hall–Kier alpha value is -2.57. The molecule has 0 spiro atoms. The highest BCUT2D eigenvalue weighted by Gasteiger charge is 2.21. The minimum absolute atomic E-state index is 0.0638. The van der Waals surface area contributed by atoms with Gasteiger partial charge in [0, 0.05) is 0 Å². The molecule has 0 saturated heterocycles. The van der Waals surface area contributed by atoms with Crippen LogP contribution in [0.1, 0.15) is 0 Å². The Morgan fingerprint density at radius 2 is 1.75 bits per heavy atom. The van der Waals surface area contributed by atoms with Crippen LogP contribution in [-0.2, 0) is 0 Å². The number of benzene rings is 2. The number of aromatic amines is 1. The number of imidazole rings is 1. The number of fused-ring (bicyclic) bond motifs is 1. The Morgan fingerprint density at radius 3 is 2.45 bits per heavy atom. The zero-order chi connectivity index (χ0) is 14.4. The Balaban J connectivity index is 2.29. The molecule has 0 bridgehead atoms. The normalized spacial score (nSPS) is 11.2. The Labute approximate surface area is 109 Å². The van der Waals surface area contributed by atoms with Crippen LogP contribution < -0.4 is 0 Å². The molecule has 0 aliphatic heterocycles. The fourth-order valence-electron chi connectivity index (χ4n) is 1.89. The molecule has 7 heteroatoms. The molecule has 2 aromatic carbocycles. The van der Waals surface area contributed by atoms with Gasteiger partial charge >= 0.3 is 0 Å². The van der Waals surface area contributed by atoms with E-state index in [-0.39, 0.29) is 16.9 Å². The maximum Gasteiger partial charge on any atom is 0.203 e. The summed E-state index contributed by atoms with van der Waals surface area (Å²) in [6, 6.07) is 4.61. The van der Waals surface area contributed by atoms with Gasteiger partial charge in [0.15, 0.2) is 23.2 Å². The van der Waals surface area contributed by atoms with Gasteiger partial charge in [-0.3, -0.25) is 0 Å². The number of nitrogens with zero attached hydrogens (tertiary/aromatic N) is 1. The number of halogens is 4. The molecule has 0 radical (unpaired) electrons. The number of nitrogens with one attached hydrogen (secondary N) is 1. The van der Waals surface area contributed by atoms with Crippen molar-refractivity contribution in [3.05, 3.63) is 47.5 Å². The lowest BCUT2D eigenvalue weighted by Gasteiger charge is -2.03. The van der Waals surface area contributed by atoms with Gasteiger partial charge < -0.3 is 10.1 Å². The molecule has 0 aliphatic rings. The number of aromatic nitrogens is 2. The number of hydrogen-bond acceptors (Lipinski definition) is 2. The lowest BCUT2D eigenvalue weighted by molar-refractivity contribution is 0.377. The van der Waals surface area contributed by atoms with E-state index < -0.39 is 34.6 Å². The number of phenols is 1. The maximum absolute atomic E-state index is 13.7. The predicted octanol–water partition coefficient (Wildman–Crippen LogP) is 3.49. The molecule has 3 nitrogen and oxygen atoms in total. The van der Waals surface area contributed by atoms with E-state index in [9.17, 15) is 17.6 Å². The zero-order valence-corrected chi connectivity index (χ0v) is 9.72. The summed E-state index contributed by atoms with van der Waals surface area (Å²) in [5.41, 5.74) is -0.285. The van der Waals surface area contributed by atoms with Gasteiger partial charge in [0.1, 0.15) is 11.3 Å². The summed E-state index contributed by atoms with van der Waals surface area (Å²) in [4.78, 5) is 6.36. The third-order valence-corrected chi connectivity index (χ3v) is 2.85. The molecular weight excluding hydrogens is 276 g/mol. The lowest BCUT2D eigenvalue weighted by atomic mass is 10.1. The Morgan fingerprint density at radius 1 is 1.00 bits per heavy atom. The van der Waals surface area contributed by atoms with Crippen LogP contribution in [0.2, 0.25) is 0 Å². The topological polar surface area (TPSA) is 48.9 Å². The first-order chi connectivity index (χ1) is 9.49. The highest BCUT2D eigenvalue weighted by Crippen LogP contribution is 2.32. The van der Waals surface area contributed by atoms with E-state index in [0.717, 1.165) is 6.07 Å². The van der Waals surface area contributed by atoms with Gasteiger partial charge in [-0.15, -0.1) is 0 Å². The molecule has 1 aromatic heterocycles. The molecule has 20 heavy (non-hydrogen) atoms. The summed E-state index contributed by atoms with van der Waals surface area (Å²) in [6.07, 6.45) is 0. The van der Waals surface area contributed by atoms with Crippen LogP contribution in [0.25, 0.3) is 22.4 Å². The molecule has 0 saturated carbocycles. The second kappa shape index (κ2) is 4.22. The van der Waals surface area contributed by atoms with Gasteiger partial charge in [-0.25, -0.2) is 18.2 Å². The van der Waals surface area contributed by atoms with Crippen LogP contribution in [0.3, 0.4) is 0 Å². The van der Waals surface area contributed by atoms with Crippen molar-refractivity contribution in [1.29, 1.82) is 0 Å². The van der Waals surface area contributed by atoms with Crippen molar-refractivity contribution in [2.24, 2.45) is 0 Å². The minimum Gasteiger partial charge on any atom is -0.503 e. The van der Waals surface area contributed by atoms with Gasteiger partial charge in [0.25, 0.3) is 0 Å². The molecule has 2 N–H and O–H groups in total. The van der Waals surface area contributed by atoms with Crippen LogP contribution in [0.5, 0.6) is 5.75 Å². The monoisotopic (exact) mass is 282 g/mol. The summed E-state index contributed by atoms with van der Waals surface area (Å²) in [5, 5.41) is 9.15. The van der Waals surface area contributed by atoms with Gasteiger partial charge in [-0.2, -0.15) is 4.39 Å². The summed E-state index contributed by atoms with van der Waals surface area (Å²) in [7, 11) is 0. The first-order valence-electron chi connectivity index (χ1n) is 5.50. The highest BCUT2D eigenvalue weighted by molar-refractivity contribution is 5.80. The second-order valence-corrected chi connectivity index (χ2v) is 4.10. The van der Waals surface area contributed by atoms with E-state index in [2.05, 4.69) is 9.97 Å². The molecule has 0 unspecified atom stereocenters. The number of aromatic hydroxyl groups is 1. The van der Waals surface area contributed by atoms with Crippen LogP contribution in [0.4, 0.5) is 17.6 Å². The van der Waals surface area contributed by atoms with E-state index in [1.807, 2.05) is 0 Å². The van der Waals surface area contributed by atoms with Crippen molar-refractivity contribution < 1.29 is 22.7 Å². The Bertz CT molecular complexity index is 829. The molecule has 1 heterocycles. The standard InChI is InChI=1S/C13H6F4N2O/c14-6-2-1-3-8-11(6)19-13(18-8)5-4-7(15)10(17)12(20)9(5)16/h1-4,20H,(H,18,19). The van der Waals surface area contributed by atoms with Gasteiger partial charge in [-0.05, 0) is 18.2 Å². The first kappa shape index (κ1) is 12.5. The third-order valence-electron chi connectivity index (χ3n) is 2.85. The van der Waals surface area contributed by atoms with Crippen molar-refractivity contribution in [1.82, 2.24) is 9.97 Å². The van der Waals surface area contributed by atoms with Crippen molar-refractivity contribution in [2.75, 3.05) is 0 Å². The number of phenolic OH excluding ortho intramolecular Hbond substituents is 1. The van der Waals surface area contributed by atoms with Gasteiger partial charge in [0.2, 0.25) is 5.82 Å². The average Bonchev–Trinajstić information content (AvgIpc) is 2.86.